The van der Waals surface area contributed by atoms with Gasteiger partial charge < -0.3 is 20.8 Å². The summed E-state index contributed by atoms with van der Waals surface area (Å²) in [6.07, 6.45) is -1.17. The van der Waals surface area contributed by atoms with Crippen LogP contribution in [0.2, 0.25) is 0 Å². The van der Waals surface area contributed by atoms with Crippen molar-refractivity contribution in [1.29, 1.82) is 5.26 Å². The third kappa shape index (κ3) is 4.66. The zero-order valence-electron chi connectivity index (χ0n) is 13.3. The van der Waals surface area contributed by atoms with E-state index in [2.05, 4.69) is 10.6 Å². The van der Waals surface area contributed by atoms with Crippen LogP contribution in [-0.4, -0.2) is 35.4 Å². The molecule has 0 saturated carbocycles. The van der Waals surface area contributed by atoms with Crippen molar-refractivity contribution < 1.29 is 23.8 Å². The van der Waals surface area contributed by atoms with Gasteiger partial charge in [-0.15, -0.1) is 0 Å². The fourth-order valence-corrected chi connectivity index (χ4v) is 2.52. The van der Waals surface area contributed by atoms with E-state index in [1.807, 2.05) is 22.6 Å². The molecule has 0 spiro atoms. The van der Waals surface area contributed by atoms with E-state index in [0.29, 0.717) is 3.57 Å². The molecule has 26 heavy (non-hydrogen) atoms. The van der Waals surface area contributed by atoms with Gasteiger partial charge in [0.15, 0.2) is 5.82 Å². The second-order valence-corrected chi connectivity index (χ2v) is 6.50. The van der Waals surface area contributed by atoms with Crippen LogP contribution in [0.5, 0.6) is 0 Å². The topological polar surface area (TPSA) is 105 Å². The molecule has 1 unspecified atom stereocenters. The number of amides is 1. The summed E-state index contributed by atoms with van der Waals surface area (Å²) in [6.45, 7) is -0.810. The molecule has 2 aromatic rings. The van der Waals surface area contributed by atoms with Crippen LogP contribution in [0.4, 0.5) is 20.2 Å². The SMILES string of the molecule is N#Cc1ccc(C(=O)NCC(O)CO)c(Nc2ccc(I)cc2F)c1F. The Morgan fingerprint density at radius 1 is 1.31 bits per heavy atom. The van der Waals surface area contributed by atoms with Crippen LogP contribution >= 0.6 is 22.6 Å². The Balaban J connectivity index is 2.41. The van der Waals surface area contributed by atoms with Crippen molar-refractivity contribution in [3.8, 4) is 6.07 Å². The monoisotopic (exact) mass is 473 g/mol. The molecule has 2 rings (SSSR count). The summed E-state index contributed by atoms with van der Waals surface area (Å²) in [5, 5.41) is 31.9. The van der Waals surface area contributed by atoms with Gasteiger partial charge in [-0.25, -0.2) is 8.78 Å². The molecular weight excluding hydrogens is 459 g/mol. The van der Waals surface area contributed by atoms with Crippen LogP contribution < -0.4 is 10.6 Å². The number of hydrogen-bond donors (Lipinski definition) is 4. The number of rotatable bonds is 6. The second-order valence-electron chi connectivity index (χ2n) is 5.26. The third-order valence-corrected chi connectivity index (χ3v) is 4.08. The van der Waals surface area contributed by atoms with Gasteiger partial charge in [0.25, 0.3) is 5.91 Å². The van der Waals surface area contributed by atoms with Gasteiger partial charge in [-0.3, -0.25) is 4.79 Å². The van der Waals surface area contributed by atoms with Gasteiger partial charge in [0.2, 0.25) is 0 Å². The van der Waals surface area contributed by atoms with Crippen molar-refractivity contribution in [2.24, 2.45) is 0 Å². The molecule has 4 N–H and O–H groups in total. The molecule has 1 amide bonds. The van der Waals surface area contributed by atoms with E-state index in [9.17, 15) is 18.7 Å². The van der Waals surface area contributed by atoms with Gasteiger partial charge in [-0.2, -0.15) is 5.26 Å². The molecule has 0 aliphatic rings. The molecule has 0 heterocycles. The smallest absolute Gasteiger partial charge is 0.253 e. The van der Waals surface area contributed by atoms with Crippen LogP contribution in [0.25, 0.3) is 0 Å². The molecule has 0 saturated heterocycles. The summed E-state index contributed by atoms with van der Waals surface area (Å²) < 4.78 is 29.3. The molecule has 6 nitrogen and oxygen atoms in total. The Labute approximate surface area is 161 Å². The molecule has 0 radical (unpaired) electrons. The maximum atomic E-state index is 14.6. The number of aliphatic hydroxyl groups is 2. The summed E-state index contributed by atoms with van der Waals surface area (Å²) in [5.41, 5.74) is -0.918. The first kappa shape index (κ1) is 20.0. The quantitative estimate of drug-likeness (QED) is 0.482. The maximum Gasteiger partial charge on any atom is 0.253 e. The number of nitrogens with one attached hydrogen (secondary N) is 2. The van der Waals surface area contributed by atoms with E-state index in [-0.39, 0.29) is 29.0 Å². The van der Waals surface area contributed by atoms with E-state index in [1.54, 1.807) is 12.1 Å². The minimum absolute atomic E-state index is 0.0659. The molecule has 9 heteroatoms. The zero-order valence-corrected chi connectivity index (χ0v) is 15.4. The first-order chi connectivity index (χ1) is 12.4. The van der Waals surface area contributed by atoms with Crippen LogP contribution in [0.15, 0.2) is 30.3 Å². The number of nitriles is 1. The Kier molecular flexibility index (Phi) is 6.84. The van der Waals surface area contributed by atoms with E-state index in [0.717, 1.165) is 6.07 Å². The predicted molar refractivity (Wildman–Crippen MR) is 98.9 cm³/mol. The van der Waals surface area contributed by atoms with Crippen molar-refractivity contribution in [3.63, 3.8) is 0 Å². The fraction of sp³-hybridized carbons (Fsp3) is 0.176. The Bertz CT molecular complexity index is 871. The van der Waals surface area contributed by atoms with Crippen LogP contribution in [0.3, 0.4) is 0 Å². The molecule has 0 bridgehead atoms. The molecule has 0 aliphatic heterocycles. The second kappa shape index (κ2) is 8.88. The van der Waals surface area contributed by atoms with Crippen LogP contribution in [0.1, 0.15) is 15.9 Å². The highest BCUT2D eigenvalue weighted by atomic mass is 127. The summed E-state index contributed by atoms with van der Waals surface area (Å²) in [5.74, 6) is -2.41. The lowest BCUT2D eigenvalue weighted by Crippen LogP contribution is -2.34. The normalized spacial score (nSPS) is 11.5. The van der Waals surface area contributed by atoms with Gasteiger partial charge in [-0.1, -0.05) is 0 Å². The number of aliphatic hydroxyl groups excluding tert-OH is 2. The van der Waals surface area contributed by atoms with E-state index in [4.69, 9.17) is 10.4 Å². The summed E-state index contributed by atoms with van der Waals surface area (Å²) in [6, 6.07) is 8.20. The highest BCUT2D eigenvalue weighted by molar-refractivity contribution is 14.1. The number of carbonyl (C=O) groups is 1. The molecule has 0 aromatic heterocycles. The maximum absolute atomic E-state index is 14.6. The van der Waals surface area contributed by atoms with Gasteiger partial charge in [0, 0.05) is 10.1 Å². The lowest BCUT2D eigenvalue weighted by molar-refractivity contribution is 0.0802. The van der Waals surface area contributed by atoms with Gasteiger partial charge in [0.05, 0.1) is 35.2 Å². The standard InChI is InChI=1S/C17H14F2IN3O3/c18-13-5-10(20)2-4-14(13)23-16-12(3-1-9(6-21)15(16)19)17(26)22-7-11(25)8-24/h1-5,11,23-25H,7-8H2,(H,22,26). The first-order valence-electron chi connectivity index (χ1n) is 7.39. The highest BCUT2D eigenvalue weighted by Gasteiger charge is 2.20. The third-order valence-electron chi connectivity index (χ3n) is 3.41. The summed E-state index contributed by atoms with van der Waals surface area (Å²) >= 11 is 1.92. The number of halogens is 3. The number of anilines is 2. The predicted octanol–water partition coefficient (Wildman–Crippen LogP) is 2.27. The van der Waals surface area contributed by atoms with Crippen molar-refractivity contribution in [2.45, 2.75) is 6.10 Å². The lowest BCUT2D eigenvalue weighted by Gasteiger charge is -2.15. The number of nitrogens with zero attached hydrogens (tertiary/aromatic N) is 1. The lowest BCUT2D eigenvalue weighted by atomic mass is 10.1. The molecule has 0 fully saturated rings. The van der Waals surface area contributed by atoms with E-state index < -0.39 is 30.3 Å². The van der Waals surface area contributed by atoms with Gasteiger partial charge >= 0.3 is 0 Å². The van der Waals surface area contributed by atoms with E-state index in [1.165, 1.54) is 18.2 Å². The van der Waals surface area contributed by atoms with Crippen LogP contribution in [-0.2, 0) is 0 Å². The van der Waals surface area contributed by atoms with Crippen molar-refractivity contribution in [3.05, 3.63) is 56.7 Å². The Morgan fingerprint density at radius 2 is 2.04 bits per heavy atom. The van der Waals surface area contributed by atoms with E-state index >= 15 is 0 Å². The average molecular weight is 473 g/mol. The van der Waals surface area contributed by atoms with Gasteiger partial charge in [-0.05, 0) is 52.9 Å². The number of hydrogen-bond acceptors (Lipinski definition) is 5. The van der Waals surface area contributed by atoms with Crippen LogP contribution in [0, 0.1) is 26.5 Å². The van der Waals surface area contributed by atoms with Gasteiger partial charge in [0.1, 0.15) is 11.9 Å². The van der Waals surface area contributed by atoms with Crippen molar-refractivity contribution in [1.82, 2.24) is 5.32 Å². The highest BCUT2D eigenvalue weighted by Crippen LogP contribution is 2.28. The summed E-state index contributed by atoms with van der Waals surface area (Å²) in [7, 11) is 0. The van der Waals surface area contributed by atoms with Crippen molar-refractivity contribution in [2.75, 3.05) is 18.5 Å². The number of carbonyl (C=O) groups excluding carboxylic acids is 1. The summed E-state index contributed by atoms with van der Waals surface area (Å²) in [4.78, 5) is 12.3. The zero-order chi connectivity index (χ0) is 19.3. The Morgan fingerprint density at radius 3 is 2.65 bits per heavy atom. The largest absolute Gasteiger partial charge is 0.394 e. The molecule has 1 atom stereocenters. The minimum atomic E-state index is -1.17. The average Bonchev–Trinajstić information content (AvgIpc) is 2.62. The minimum Gasteiger partial charge on any atom is -0.394 e. The number of benzene rings is 2. The molecule has 2 aromatic carbocycles. The first-order valence-corrected chi connectivity index (χ1v) is 8.47. The molecular formula is C17H14F2IN3O3. The molecule has 0 aliphatic carbocycles. The fourth-order valence-electron chi connectivity index (χ4n) is 2.07. The molecule has 136 valence electrons. The van der Waals surface area contributed by atoms with Crippen molar-refractivity contribution >= 4 is 39.9 Å². The Hall–Kier alpha value is -2.29.